The zero-order valence-electron chi connectivity index (χ0n) is 9.84. The van der Waals surface area contributed by atoms with Gasteiger partial charge in [0.2, 0.25) is 5.88 Å². The molecule has 0 fully saturated rings. The van der Waals surface area contributed by atoms with Gasteiger partial charge in [0.25, 0.3) is 0 Å². The van der Waals surface area contributed by atoms with Crippen molar-refractivity contribution < 1.29 is 4.74 Å². The van der Waals surface area contributed by atoms with Crippen LogP contribution in [-0.2, 0) is 12.8 Å². The molecule has 0 spiro atoms. The Morgan fingerprint density at radius 1 is 1.40 bits per heavy atom. The van der Waals surface area contributed by atoms with E-state index in [1.807, 2.05) is 6.92 Å². The third-order valence-electron chi connectivity index (χ3n) is 2.58. The predicted octanol–water partition coefficient (Wildman–Crippen LogP) is 1.85. The van der Waals surface area contributed by atoms with Gasteiger partial charge in [0.15, 0.2) is 0 Å². The van der Waals surface area contributed by atoms with E-state index in [0.29, 0.717) is 6.54 Å². The number of aromatic nitrogens is 1. The van der Waals surface area contributed by atoms with Gasteiger partial charge in [-0.3, -0.25) is 0 Å². The van der Waals surface area contributed by atoms with E-state index < -0.39 is 0 Å². The standard InChI is InChI=1S/C12H20N2O/c1-4-10-8-11(6-5-7-13)12(15-3)14-9(10)2/h8H,4-7,13H2,1-3H3. The molecule has 3 heteroatoms. The lowest BCUT2D eigenvalue weighted by molar-refractivity contribution is 0.390. The van der Waals surface area contributed by atoms with E-state index in [2.05, 4.69) is 18.0 Å². The lowest BCUT2D eigenvalue weighted by atomic mass is 10.1. The highest BCUT2D eigenvalue weighted by Gasteiger charge is 2.08. The highest BCUT2D eigenvalue weighted by molar-refractivity contribution is 5.34. The molecule has 0 amide bonds. The number of nitrogens with zero attached hydrogens (tertiary/aromatic N) is 1. The number of methoxy groups -OCH3 is 1. The van der Waals surface area contributed by atoms with E-state index in [9.17, 15) is 0 Å². The summed E-state index contributed by atoms with van der Waals surface area (Å²) in [6.45, 7) is 4.87. The van der Waals surface area contributed by atoms with Gasteiger partial charge in [0.1, 0.15) is 0 Å². The SMILES string of the molecule is CCc1cc(CCCN)c(OC)nc1C. The van der Waals surface area contributed by atoms with Gasteiger partial charge in [0, 0.05) is 11.3 Å². The summed E-state index contributed by atoms with van der Waals surface area (Å²) in [4.78, 5) is 4.45. The molecule has 3 nitrogen and oxygen atoms in total. The van der Waals surface area contributed by atoms with E-state index in [0.717, 1.165) is 30.8 Å². The molecule has 0 atom stereocenters. The van der Waals surface area contributed by atoms with Crippen LogP contribution in [0.2, 0.25) is 0 Å². The molecule has 0 saturated carbocycles. The van der Waals surface area contributed by atoms with E-state index in [4.69, 9.17) is 10.5 Å². The molecule has 0 bridgehead atoms. The Kier molecular flexibility index (Phi) is 4.56. The average Bonchev–Trinajstić information content (AvgIpc) is 2.26. The number of pyridine rings is 1. The van der Waals surface area contributed by atoms with Gasteiger partial charge in [-0.2, -0.15) is 0 Å². The summed E-state index contributed by atoms with van der Waals surface area (Å²) in [5.74, 6) is 0.748. The molecule has 0 aromatic carbocycles. The van der Waals surface area contributed by atoms with Gasteiger partial charge in [-0.1, -0.05) is 6.92 Å². The second-order valence-corrected chi connectivity index (χ2v) is 3.65. The molecule has 2 N–H and O–H groups in total. The van der Waals surface area contributed by atoms with E-state index in [1.54, 1.807) is 7.11 Å². The topological polar surface area (TPSA) is 48.1 Å². The molecule has 84 valence electrons. The number of hydrogen-bond acceptors (Lipinski definition) is 3. The second kappa shape index (κ2) is 5.71. The minimum Gasteiger partial charge on any atom is -0.481 e. The van der Waals surface area contributed by atoms with Gasteiger partial charge in [0.05, 0.1) is 7.11 Å². The van der Waals surface area contributed by atoms with Crippen LogP contribution in [0, 0.1) is 6.92 Å². The first-order valence-electron chi connectivity index (χ1n) is 5.46. The van der Waals surface area contributed by atoms with Crippen molar-refractivity contribution in [3.8, 4) is 5.88 Å². The Balaban J connectivity index is 2.99. The fourth-order valence-corrected chi connectivity index (χ4v) is 1.68. The normalized spacial score (nSPS) is 10.4. The molecule has 1 heterocycles. The monoisotopic (exact) mass is 208 g/mol. The van der Waals surface area contributed by atoms with Crippen LogP contribution < -0.4 is 10.5 Å². The molecule has 0 radical (unpaired) electrons. The summed E-state index contributed by atoms with van der Waals surface area (Å²) in [7, 11) is 1.67. The maximum Gasteiger partial charge on any atom is 0.216 e. The van der Waals surface area contributed by atoms with E-state index in [-0.39, 0.29) is 0 Å². The Labute approximate surface area is 91.7 Å². The molecule has 0 aliphatic rings. The lowest BCUT2D eigenvalue weighted by Crippen LogP contribution is -2.04. The summed E-state index contributed by atoms with van der Waals surface area (Å²) < 4.78 is 5.27. The zero-order valence-corrected chi connectivity index (χ0v) is 9.84. The van der Waals surface area contributed by atoms with Crippen molar-refractivity contribution in [2.45, 2.75) is 33.1 Å². The maximum atomic E-state index is 5.51. The number of ether oxygens (including phenoxy) is 1. The average molecular weight is 208 g/mol. The number of hydrogen-bond donors (Lipinski definition) is 1. The van der Waals surface area contributed by atoms with Crippen molar-refractivity contribution in [2.75, 3.05) is 13.7 Å². The van der Waals surface area contributed by atoms with Gasteiger partial charge in [-0.05, 0) is 44.4 Å². The molecule has 1 rings (SSSR count). The van der Waals surface area contributed by atoms with Crippen molar-refractivity contribution in [1.29, 1.82) is 0 Å². The quantitative estimate of drug-likeness (QED) is 0.803. The van der Waals surface area contributed by atoms with Crippen LogP contribution in [0.15, 0.2) is 6.07 Å². The van der Waals surface area contributed by atoms with Crippen molar-refractivity contribution in [1.82, 2.24) is 4.98 Å². The summed E-state index contributed by atoms with van der Waals surface area (Å²) in [5.41, 5.74) is 9.03. The largest absolute Gasteiger partial charge is 0.481 e. The van der Waals surface area contributed by atoms with Crippen LogP contribution in [0.5, 0.6) is 5.88 Å². The van der Waals surface area contributed by atoms with Crippen molar-refractivity contribution in [2.24, 2.45) is 5.73 Å². The van der Waals surface area contributed by atoms with Crippen LogP contribution >= 0.6 is 0 Å². The Hall–Kier alpha value is -1.09. The molecular weight excluding hydrogens is 188 g/mol. The Bertz CT molecular complexity index is 324. The van der Waals surface area contributed by atoms with Crippen LogP contribution in [0.3, 0.4) is 0 Å². The summed E-state index contributed by atoms with van der Waals surface area (Å²) in [6, 6.07) is 2.19. The van der Waals surface area contributed by atoms with E-state index in [1.165, 1.54) is 11.1 Å². The summed E-state index contributed by atoms with van der Waals surface area (Å²) >= 11 is 0. The first-order chi connectivity index (χ1) is 7.22. The van der Waals surface area contributed by atoms with Gasteiger partial charge >= 0.3 is 0 Å². The fourth-order valence-electron chi connectivity index (χ4n) is 1.68. The Morgan fingerprint density at radius 2 is 2.13 bits per heavy atom. The Morgan fingerprint density at radius 3 is 2.67 bits per heavy atom. The van der Waals surface area contributed by atoms with Crippen molar-refractivity contribution in [3.63, 3.8) is 0 Å². The van der Waals surface area contributed by atoms with Crippen LogP contribution in [0.1, 0.15) is 30.2 Å². The molecule has 1 aromatic rings. The smallest absolute Gasteiger partial charge is 0.216 e. The lowest BCUT2D eigenvalue weighted by Gasteiger charge is -2.11. The van der Waals surface area contributed by atoms with Crippen molar-refractivity contribution >= 4 is 0 Å². The second-order valence-electron chi connectivity index (χ2n) is 3.65. The molecule has 0 aliphatic carbocycles. The highest BCUT2D eigenvalue weighted by atomic mass is 16.5. The van der Waals surface area contributed by atoms with Gasteiger partial charge in [-0.15, -0.1) is 0 Å². The summed E-state index contributed by atoms with van der Waals surface area (Å²) in [6.07, 6.45) is 2.93. The van der Waals surface area contributed by atoms with Crippen LogP contribution in [-0.4, -0.2) is 18.6 Å². The first kappa shape index (κ1) is 12.0. The first-order valence-corrected chi connectivity index (χ1v) is 5.46. The third kappa shape index (κ3) is 2.93. The molecular formula is C12H20N2O. The number of rotatable bonds is 5. The van der Waals surface area contributed by atoms with Gasteiger partial charge < -0.3 is 10.5 Å². The van der Waals surface area contributed by atoms with Gasteiger partial charge in [-0.25, -0.2) is 4.98 Å². The summed E-state index contributed by atoms with van der Waals surface area (Å²) in [5, 5.41) is 0. The minimum absolute atomic E-state index is 0.707. The minimum atomic E-state index is 0.707. The number of aryl methyl sites for hydroxylation is 3. The molecule has 0 aliphatic heterocycles. The van der Waals surface area contributed by atoms with Crippen molar-refractivity contribution in [3.05, 3.63) is 22.9 Å². The molecule has 1 aromatic heterocycles. The van der Waals surface area contributed by atoms with Crippen LogP contribution in [0.25, 0.3) is 0 Å². The third-order valence-corrected chi connectivity index (χ3v) is 2.58. The molecule has 0 saturated heterocycles. The fraction of sp³-hybridized carbons (Fsp3) is 0.583. The maximum absolute atomic E-state index is 5.51. The van der Waals surface area contributed by atoms with Crippen LogP contribution in [0.4, 0.5) is 0 Å². The zero-order chi connectivity index (χ0) is 11.3. The molecule has 0 unspecified atom stereocenters. The highest BCUT2D eigenvalue weighted by Crippen LogP contribution is 2.21. The predicted molar refractivity (Wildman–Crippen MR) is 62.3 cm³/mol. The number of nitrogens with two attached hydrogens (primary N) is 1. The molecule has 15 heavy (non-hydrogen) atoms. The van der Waals surface area contributed by atoms with E-state index >= 15 is 0 Å².